The van der Waals surface area contributed by atoms with Gasteiger partial charge in [-0.2, -0.15) is 0 Å². The summed E-state index contributed by atoms with van der Waals surface area (Å²) in [4.78, 5) is 23.6. The zero-order chi connectivity index (χ0) is 20.3. The van der Waals surface area contributed by atoms with Crippen molar-refractivity contribution in [3.8, 4) is 5.75 Å². The Morgan fingerprint density at radius 3 is 2.50 bits per heavy atom. The fourth-order valence-electron chi connectivity index (χ4n) is 2.70. The second kappa shape index (κ2) is 8.27. The molecule has 2 aromatic carbocycles. The monoisotopic (exact) mass is 396 g/mol. The molecule has 0 bridgehead atoms. The standard InChI is InChI=1S/C21H21ClN4O2/c1-13-10-17(19(28-4)12-16(13)22)24-20(27)18-11-14(2)23-21(25-18)26(3)15-8-6-5-7-9-15/h5-12H,1-4H3,(H,24,27). The Labute approximate surface area is 169 Å². The molecule has 0 atom stereocenters. The number of nitrogens with one attached hydrogen (secondary N) is 1. The number of aryl methyl sites for hydroxylation is 2. The summed E-state index contributed by atoms with van der Waals surface area (Å²) in [6.45, 7) is 3.69. The number of carbonyl (C=O) groups excluding carboxylic acids is 1. The Bertz CT molecular complexity index is 1010. The first-order chi connectivity index (χ1) is 13.4. The molecule has 0 radical (unpaired) electrons. The molecular formula is C21H21ClN4O2. The van der Waals surface area contributed by atoms with Gasteiger partial charge in [0.15, 0.2) is 0 Å². The number of hydrogen-bond acceptors (Lipinski definition) is 5. The molecule has 3 aromatic rings. The first-order valence-corrected chi connectivity index (χ1v) is 9.07. The van der Waals surface area contributed by atoms with Crippen LogP contribution >= 0.6 is 11.6 Å². The van der Waals surface area contributed by atoms with E-state index < -0.39 is 0 Å². The van der Waals surface area contributed by atoms with Gasteiger partial charge in [-0.05, 0) is 43.7 Å². The van der Waals surface area contributed by atoms with Crippen molar-refractivity contribution in [2.24, 2.45) is 0 Å². The first kappa shape index (κ1) is 19.6. The molecule has 28 heavy (non-hydrogen) atoms. The fourth-order valence-corrected chi connectivity index (χ4v) is 2.86. The van der Waals surface area contributed by atoms with Gasteiger partial charge in [0.25, 0.3) is 5.91 Å². The van der Waals surface area contributed by atoms with Crippen molar-refractivity contribution < 1.29 is 9.53 Å². The van der Waals surface area contributed by atoms with Crippen molar-refractivity contribution in [1.29, 1.82) is 0 Å². The third kappa shape index (κ3) is 4.23. The largest absolute Gasteiger partial charge is 0.495 e. The van der Waals surface area contributed by atoms with Gasteiger partial charge in [0.2, 0.25) is 5.95 Å². The number of ether oxygens (including phenoxy) is 1. The summed E-state index contributed by atoms with van der Waals surface area (Å²) in [6, 6.07) is 14.8. The number of hydrogen-bond donors (Lipinski definition) is 1. The van der Waals surface area contributed by atoms with E-state index in [-0.39, 0.29) is 11.6 Å². The lowest BCUT2D eigenvalue weighted by molar-refractivity contribution is 0.102. The third-order valence-corrected chi connectivity index (χ3v) is 4.65. The summed E-state index contributed by atoms with van der Waals surface area (Å²) in [5.41, 5.74) is 3.25. The number of methoxy groups -OCH3 is 1. The summed E-state index contributed by atoms with van der Waals surface area (Å²) in [7, 11) is 3.38. The van der Waals surface area contributed by atoms with Gasteiger partial charge in [0, 0.05) is 29.5 Å². The molecule has 144 valence electrons. The maximum atomic E-state index is 12.8. The molecule has 1 amide bonds. The van der Waals surface area contributed by atoms with Crippen LogP contribution < -0.4 is 15.0 Å². The molecule has 0 aliphatic heterocycles. The van der Waals surface area contributed by atoms with Crippen LogP contribution in [0.25, 0.3) is 0 Å². The number of para-hydroxylation sites is 1. The average Bonchev–Trinajstić information content (AvgIpc) is 2.70. The molecule has 3 rings (SSSR count). The lowest BCUT2D eigenvalue weighted by atomic mass is 10.2. The third-order valence-electron chi connectivity index (χ3n) is 4.25. The molecule has 1 N–H and O–H groups in total. The number of amides is 1. The van der Waals surface area contributed by atoms with E-state index in [1.54, 1.807) is 18.2 Å². The highest BCUT2D eigenvalue weighted by molar-refractivity contribution is 6.31. The highest BCUT2D eigenvalue weighted by Gasteiger charge is 2.16. The molecule has 0 unspecified atom stereocenters. The van der Waals surface area contributed by atoms with Gasteiger partial charge in [-0.1, -0.05) is 29.8 Å². The van der Waals surface area contributed by atoms with E-state index >= 15 is 0 Å². The minimum absolute atomic E-state index is 0.264. The number of rotatable bonds is 5. The van der Waals surface area contributed by atoms with E-state index in [4.69, 9.17) is 16.3 Å². The van der Waals surface area contributed by atoms with E-state index in [1.165, 1.54) is 7.11 Å². The quantitative estimate of drug-likeness (QED) is 0.672. The van der Waals surface area contributed by atoms with Crippen molar-refractivity contribution in [3.63, 3.8) is 0 Å². The molecule has 6 nitrogen and oxygen atoms in total. The summed E-state index contributed by atoms with van der Waals surface area (Å²) >= 11 is 6.13. The van der Waals surface area contributed by atoms with Gasteiger partial charge in [-0.25, -0.2) is 9.97 Å². The smallest absolute Gasteiger partial charge is 0.274 e. The minimum Gasteiger partial charge on any atom is -0.495 e. The van der Waals surface area contributed by atoms with Crippen molar-refractivity contribution in [2.75, 3.05) is 24.4 Å². The molecule has 0 saturated heterocycles. The molecule has 1 aromatic heterocycles. The summed E-state index contributed by atoms with van der Waals surface area (Å²) in [6.07, 6.45) is 0. The van der Waals surface area contributed by atoms with Crippen molar-refractivity contribution >= 4 is 34.8 Å². The zero-order valence-corrected chi connectivity index (χ0v) is 16.9. The van der Waals surface area contributed by atoms with Gasteiger partial charge in [-0.3, -0.25) is 4.79 Å². The van der Waals surface area contributed by atoms with Crippen LogP contribution in [0.2, 0.25) is 5.02 Å². The normalized spacial score (nSPS) is 10.5. The van der Waals surface area contributed by atoms with E-state index in [1.807, 2.05) is 56.1 Å². The van der Waals surface area contributed by atoms with E-state index in [0.717, 1.165) is 11.3 Å². The predicted molar refractivity (Wildman–Crippen MR) is 112 cm³/mol. The Hall–Kier alpha value is -3.12. The number of aromatic nitrogens is 2. The van der Waals surface area contributed by atoms with Crippen molar-refractivity contribution in [1.82, 2.24) is 9.97 Å². The average molecular weight is 397 g/mol. The van der Waals surface area contributed by atoms with Crippen LogP contribution in [0.3, 0.4) is 0 Å². The lowest BCUT2D eigenvalue weighted by Crippen LogP contribution is -2.19. The molecule has 0 fully saturated rings. The molecule has 1 heterocycles. The summed E-state index contributed by atoms with van der Waals surface area (Å²) < 4.78 is 5.32. The van der Waals surface area contributed by atoms with Crippen LogP contribution in [0.15, 0.2) is 48.5 Å². The highest BCUT2D eigenvalue weighted by Crippen LogP contribution is 2.31. The van der Waals surface area contributed by atoms with Gasteiger partial charge in [0.05, 0.1) is 12.8 Å². The predicted octanol–water partition coefficient (Wildman–Crippen LogP) is 4.78. The second-order valence-corrected chi connectivity index (χ2v) is 6.75. The van der Waals surface area contributed by atoms with E-state index in [2.05, 4.69) is 15.3 Å². The summed E-state index contributed by atoms with van der Waals surface area (Å²) in [5, 5.41) is 3.42. The molecule has 0 aliphatic carbocycles. The maximum absolute atomic E-state index is 12.8. The van der Waals surface area contributed by atoms with Gasteiger partial charge < -0.3 is 15.0 Å². The molecule has 0 spiro atoms. The van der Waals surface area contributed by atoms with Crippen molar-refractivity contribution in [3.05, 3.63) is 70.5 Å². The van der Waals surface area contributed by atoms with Gasteiger partial charge in [0.1, 0.15) is 11.4 Å². The van der Waals surface area contributed by atoms with Gasteiger partial charge >= 0.3 is 0 Å². The Morgan fingerprint density at radius 2 is 1.82 bits per heavy atom. The number of carbonyl (C=O) groups is 1. The SMILES string of the molecule is COc1cc(Cl)c(C)cc1NC(=O)c1cc(C)nc(N(C)c2ccccc2)n1. The fraction of sp³-hybridized carbons (Fsp3) is 0.190. The van der Waals surface area contributed by atoms with Crippen LogP contribution in [0.4, 0.5) is 17.3 Å². The summed E-state index contributed by atoms with van der Waals surface area (Å²) in [5.74, 6) is 0.570. The maximum Gasteiger partial charge on any atom is 0.274 e. The van der Waals surface area contributed by atoms with Crippen LogP contribution in [0, 0.1) is 13.8 Å². The van der Waals surface area contributed by atoms with E-state index in [9.17, 15) is 4.79 Å². The number of anilines is 3. The van der Waals surface area contributed by atoms with E-state index in [0.29, 0.717) is 28.1 Å². The van der Waals surface area contributed by atoms with Crippen LogP contribution in [0.1, 0.15) is 21.7 Å². The minimum atomic E-state index is -0.353. The topological polar surface area (TPSA) is 67.3 Å². The van der Waals surface area contributed by atoms with Crippen LogP contribution in [0.5, 0.6) is 5.75 Å². The van der Waals surface area contributed by atoms with Crippen molar-refractivity contribution in [2.45, 2.75) is 13.8 Å². The second-order valence-electron chi connectivity index (χ2n) is 6.34. The zero-order valence-electron chi connectivity index (χ0n) is 16.2. The number of nitrogens with zero attached hydrogens (tertiary/aromatic N) is 3. The van der Waals surface area contributed by atoms with Crippen LogP contribution in [-0.2, 0) is 0 Å². The number of benzene rings is 2. The first-order valence-electron chi connectivity index (χ1n) is 8.69. The van der Waals surface area contributed by atoms with Gasteiger partial charge in [-0.15, -0.1) is 0 Å². The Morgan fingerprint density at radius 1 is 1.11 bits per heavy atom. The number of halogens is 1. The molecule has 0 aliphatic rings. The highest BCUT2D eigenvalue weighted by atomic mass is 35.5. The molecule has 7 heteroatoms. The molecular weight excluding hydrogens is 376 g/mol. The Balaban J connectivity index is 1.91. The van der Waals surface area contributed by atoms with Crippen LogP contribution in [-0.4, -0.2) is 30.0 Å². The lowest BCUT2D eigenvalue weighted by Gasteiger charge is -2.18. The molecule has 0 saturated carbocycles. The Kier molecular flexibility index (Phi) is 5.80.